The van der Waals surface area contributed by atoms with E-state index in [1.165, 1.54) is 69.4 Å². The third kappa shape index (κ3) is 36.4. The van der Waals surface area contributed by atoms with Crippen LogP contribution in [0.2, 0.25) is 0 Å². The van der Waals surface area contributed by atoms with Gasteiger partial charge in [-0.05, 0) is 167 Å². The van der Waals surface area contributed by atoms with Crippen molar-refractivity contribution in [2.45, 2.75) is 192 Å². The molecule has 15 amide bonds. The van der Waals surface area contributed by atoms with Gasteiger partial charge < -0.3 is 105 Å². The highest BCUT2D eigenvalue weighted by Crippen LogP contribution is 2.35. The molecule has 0 aliphatic carbocycles. The molecular formula is C77H115N15O15. The van der Waals surface area contributed by atoms with Crippen molar-refractivity contribution in [3.63, 3.8) is 0 Å². The first-order valence-corrected chi connectivity index (χ1v) is 36.6. The van der Waals surface area contributed by atoms with Gasteiger partial charge in [-0.15, -0.1) is 0 Å². The van der Waals surface area contributed by atoms with E-state index in [-0.39, 0.29) is 116 Å². The highest BCUT2D eigenvalue weighted by atomic mass is 16.3. The molecule has 5 rings (SSSR count). The molecule has 107 heavy (non-hydrogen) atoms. The van der Waals surface area contributed by atoms with E-state index in [9.17, 15) is 73.5 Å². The summed E-state index contributed by atoms with van der Waals surface area (Å²) in [6, 6.07) is 17.8. The molecule has 0 spiro atoms. The fourth-order valence-electron chi connectivity index (χ4n) is 10.8. The maximum Gasteiger partial charge on any atom is 0.319 e. The lowest BCUT2D eigenvalue weighted by Gasteiger charge is -2.28. The Morgan fingerprint density at radius 2 is 0.766 bits per heavy atom. The standard InChI is InChI=1S/C34H52N6O6.C27H38N6O6.C16H25N3O3/c1-5-7-17-35-33(45)37-25-19-23(3)31(43)27(21-25)39-29(41)15-13-11-9-10-12-14-16-30(42)40-28-22-26(20-24(4)32(28)44)38-34(46)36-18-8-6-2;1-16(10-11-28-25(38)32-19-6-8-23(36)21(12-19)30-17(2)34)14-27(4,5)15-29-26(39)33-20-7-9-24(37)22(13-20)31-18(3)35;1-4-6-7-11(5-2)15(21)19-13-10-12(8-9-14(13)20)18-16(22)17-3/h19-22,43-44H,5-18H2,1-4H3,(H,39,41)(H,40,42)(H2,35,37,45)(H2,36,38,46);6-9,12-13,16,36-37H,10-11,14-15H2,1-5H3,(H,30,34)(H,31,35)(H2,28,32,38)(H2,29,33,39);8-11,20H,4-7H2,1-3H3,(H,19,21)(H2,17,18,22). The van der Waals surface area contributed by atoms with Gasteiger partial charge in [0.1, 0.15) is 28.7 Å². The van der Waals surface area contributed by atoms with Crippen LogP contribution in [0, 0.1) is 31.1 Å². The van der Waals surface area contributed by atoms with Gasteiger partial charge in [0.15, 0.2) is 0 Å². The van der Waals surface area contributed by atoms with Crippen molar-refractivity contribution in [2.24, 2.45) is 17.3 Å². The van der Waals surface area contributed by atoms with Gasteiger partial charge in [0.25, 0.3) is 0 Å². The Hall–Kier alpha value is -11.2. The maximum atomic E-state index is 12.5. The molecule has 0 aliphatic rings. The summed E-state index contributed by atoms with van der Waals surface area (Å²) in [6.07, 6.45) is 14.3. The molecule has 5 aromatic carbocycles. The molecule has 0 bridgehead atoms. The van der Waals surface area contributed by atoms with Crippen LogP contribution in [0.5, 0.6) is 28.7 Å². The predicted molar refractivity (Wildman–Crippen MR) is 423 cm³/mol. The molecule has 0 fully saturated rings. The fourth-order valence-corrected chi connectivity index (χ4v) is 10.8. The van der Waals surface area contributed by atoms with Crippen LogP contribution in [0.25, 0.3) is 0 Å². The van der Waals surface area contributed by atoms with Gasteiger partial charge in [0.05, 0.1) is 28.4 Å². The Morgan fingerprint density at radius 3 is 1.16 bits per heavy atom. The molecule has 0 heterocycles. The Bertz CT molecular complexity index is 3660. The van der Waals surface area contributed by atoms with Gasteiger partial charge in [-0.25, -0.2) is 24.0 Å². The summed E-state index contributed by atoms with van der Waals surface area (Å²) in [7, 11) is 1.51. The molecule has 2 unspecified atom stereocenters. The number of aryl methyl sites for hydroxylation is 2. The topological polar surface area (TPSA) is 452 Å². The number of phenolic OH excluding ortho intramolecular Hbond substituents is 5. The quantitative estimate of drug-likeness (QED) is 0.00998. The number of amides is 15. The second-order valence-corrected chi connectivity index (χ2v) is 27.0. The zero-order chi connectivity index (χ0) is 79.6. The number of urea groups is 5. The van der Waals surface area contributed by atoms with E-state index in [0.717, 1.165) is 89.9 Å². The lowest BCUT2D eigenvalue weighted by Crippen LogP contribution is -2.38. The monoisotopic (exact) mass is 1490 g/mol. The first-order valence-electron chi connectivity index (χ1n) is 36.6. The number of hydrogen-bond donors (Lipinski definition) is 20. The normalized spacial score (nSPS) is 11.2. The zero-order valence-electron chi connectivity index (χ0n) is 64.0. The van der Waals surface area contributed by atoms with E-state index in [0.29, 0.717) is 97.1 Å². The van der Waals surface area contributed by atoms with E-state index < -0.39 is 12.1 Å². The van der Waals surface area contributed by atoms with Crippen molar-refractivity contribution in [1.29, 1.82) is 0 Å². The van der Waals surface area contributed by atoms with Gasteiger partial charge in [0, 0.05) is 94.3 Å². The van der Waals surface area contributed by atoms with Crippen molar-refractivity contribution in [1.82, 2.24) is 26.6 Å². The highest BCUT2D eigenvalue weighted by molar-refractivity contribution is 5.99. The van der Waals surface area contributed by atoms with Crippen molar-refractivity contribution >= 4 is 117 Å². The number of benzene rings is 5. The molecule has 20 N–H and O–H groups in total. The largest absolute Gasteiger partial charge is 0.506 e. The van der Waals surface area contributed by atoms with Gasteiger partial charge in [-0.2, -0.15) is 0 Å². The van der Waals surface area contributed by atoms with E-state index in [1.54, 1.807) is 44.2 Å². The minimum Gasteiger partial charge on any atom is -0.506 e. The van der Waals surface area contributed by atoms with E-state index in [1.807, 2.05) is 34.6 Å². The van der Waals surface area contributed by atoms with Gasteiger partial charge in [0.2, 0.25) is 29.5 Å². The van der Waals surface area contributed by atoms with E-state index in [4.69, 9.17) is 0 Å². The van der Waals surface area contributed by atoms with Crippen molar-refractivity contribution in [3.05, 3.63) is 90.0 Å². The number of hydrogen-bond acceptors (Lipinski definition) is 15. The van der Waals surface area contributed by atoms with Crippen LogP contribution in [-0.4, -0.2) is 118 Å². The van der Waals surface area contributed by atoms with Crippen LogP contribution in [0.3, 0.4) is 0 Å². The summed E-state index contributed by atoms with van der Waals surface area (Å²) < 4.78 is 0. The van der Waals surface area contributed by atoms with Crippen LogP contribution in [0.1, 0.15) is 189 Å². The Labute approximate surface area is 628 Å². The number of carbonyl (C=O) groups excluding carboxylic acids is 10. The number of anilines is 10. The number of unbranched alkanes of at least 4 members (excludes halogenated alkanes) is 8. The molecule has 0 saturated carbocycles. The summed E-state index contributed by atoms with van der Waals surface area (Å²) in [5.74, 6) is -1.34. The number of carbonyl (C=O) groups is 10. The van der Waals surface area contributed by atoms with E-state index >= 15 is 0 Å². The van der Waals surface area contributed by atoms with Crippen LogP contribution in [0.15, 0.2) is 78.9 Å². The summed E-state index contributed by atoms with van der Waals surface area (Å²) >= 11 is 0. The summed E-state index contributed by atoms with van der Waals surface area (Å²) in [5.41, 5.74) is 4.37. The second kappa shape index (κ2) is 48.0. The first-order chi connectivity index (χ1) is 50.8. The average Bonchev–Trinajstić information content (AvgIpc) is 0.859. The second-order valence-electron chi connectivity index (χ2n) is 27.0. The Morgan fingerprint density at radius 1 is 0.402 bits per heavy atom. The van der Waals surface area contributed by atoms with Gasteiger partial charge in [-0.1, -0.05) is 99.8 Å². The molecule has 0 aliphatic heterocycles. The number of nitrogens with one attached hydrogen (secondary N) is 15. The summed E-state index contributed by atoms with van der Waals surface area (Å²) in [6.45, 7) is 22.3. The Kier molecular flexibility index (Phi) is 40.4. The SMILES string of the molecule is CC(=O)Nc1cc(NC(=O)NCCC(C)CC(C)(C)CNC(=O)Nc2ccc(O)c(NC(C)=O)c2)ccc1O.CCCCC(CC)C(=O)Nc1cc(NC(=O)NC)ccc1O.CCCCNC(=O)Nc1cc(C)c(O)c(NC(=O)CCCCCCCCC(=O)Nc2cc(NC(=O)NCCCC)cc(C)c2O)c1. The first kappa shape index (κ1) is 90.0. The molecule has 0 radical (unpaired) electrons. The molecule has 588 valence electrons. The maximum absolute atomic E-state index is 12.5. The molecule has 30 heteroatoms. The molecular weight excluding hydrogens is 1370 g/mol. The third-order valence-corrected chi connectivity index (χ3v) is 16.5. The lowest BCUT2D eigenvalue weighted by molar-refractivity contribution is -0.120. The van der Waals surface area contributed by atoms with Crippen molar-refractivity contribution < 1.29 is 73.5 Å². The zero-order valence-corrected chi connectivity index (χ0v) is 64.0. The minimum atomic E-state index is -0.413. The number of aromatic hydroxyl groups is 5. The molecule has 0 saturated heterocycles. The minimum absolute atomic E-state index is 0.0267. The number of phenols is 5. The van der Waals surface area contributed by atoms with Crippen molar-refractivity contribution in [3.8, 4) is 28.7 Å². The van der Waals surface area contributed by atoms with Crippen LogP contribution < -0.4 is 79.8 Å². The Balaban J connectivity index is 0.000000441. The van der Waals surface area contributed by atoms with Crippen molar-refractivity contribution in [2.75, 3.05) is 86.4 Å². The van der Waals surface area contributed by atoms with Crippen LogP contribution in [-0.2, 0) is 24.0 Å². The average molecular weight is 1490 g/mol. The molecule has 30 nitrogen and oxygen atoms in total. The highest BCUT2D eigenvalue weighted by Gasteiger charge is 2.24. The third-order valence-electron chi connectivity index (χ3n) is 16.5. The summed E-state index contributed by atoms with van der Waals surface area (Å²) in [4.78, 5) is 120. The molecule has 0 aromatic heterocycles. The van der Waals surface area contributed by atoms with Gasteiger partial charge >= 0.3 is 30.2 Å². The van der Waals surface area contributed by atoms with Crippen LogP contribution in [0.4, 0.5) is 80.8 Å². The molecule has 2 atom stereocenters. The number of rotatable bonds is 37. The smallest absolute Gasteiger partial charge is 0.319 e. The lowest BCUT2D eigenvalue weighted by atomic mass is 9.82. The fraction of sp³-hybridized carbons (Fsp3) is 0.481. The predicted octanol–water partition coefficient (Wildman–Crippen LogP) is 15.0. The van der Waals surface area contributed by atoms with E-state index in [2.05, 4.69) is 93.6 Å². The van der Waals surface area contributed by atoms with Crippen LogP contribution >= 0.6 is 0 Å². The van der Waals surface area contributed by atoms with Gasteiger partial charge in [-0.3, -0.25) is 24.0 Å². The molecule has 5 aromatic rings. The summed E-state index contributed by atoms with van der Waals surface area (Å²) in [5, 5.41) is 90.5.